The van der Waals surface area contributed by atoms with E-state index in [2.05, 4.69) is 41.1 Å². The number of hydrogen-bond acceptors (Lipinski definition) is 3. The summed E-state index contributed by atoms with van der Waals surface area (Å²) in [6, 6.07) is 16.5. The van der Waals surface area contributed by atoms with Gasteiger partial charge in [0.15, 0.2) is 0 Å². The highest BCUT2D eigenvalue weighted by molar-refractivity contribution is 7.16. The molecule has 0 bridgehead atoms. The fourth-order valence-corrected chi connectivity index (χ4v) is 2.67. The average molecular weight is 266 g/mol. The predicted molar refractivity (Wildman–Crippen MR) is 83.6 cm³/mol. The van der Waals surface area contributed by atoms with Crippen LogP contribution in [-0.2, 0) is 0 Å². The van der Waals surface area contributed by atoms with Gasteiger partial charge in [-0.2, -0.15) is 0 Å². The van der Waals surface area contributed by atoms with Crippen molar-refractivity contribution in [1.29, 1.82) is 0 Å². The number of nitrogens with zero attached hydrogens (tertiary/aromatic N) is 1. The third kappa shape index (κ3) is 2.66. The molecular weight excluding hydrogens is 252 g/mol. The first-order valence-corrected chi connectivity index (χ1v) is 7.01. The van der Waals surface area contributed by atoms with E-state index >= 15 is 0 Å². The van der Waals surface area contributed by atoms with E-state index < -0.39 is 0 Å². The molecule has 94 valence electrons. The second kappa shape index (κ2) is 5.24. The van der Waals surface area contributed by atoms with Gasteiger partial charge >= 0.3 is 0 Å². The molecule has 0 spiro atoms. The number of nitrogens with one attached hydrogen (secondary N) is 1. The summed E-state index contributed by atoms with van der Waals surface area (Å²) in [4.78, 5) is 4.28. The van der Waals surface area contributed by atoms with Crippen molar-refractivity contribution in [2.75, 3.05) is 11.9 Å². The molecule has 3 rings (SSSR count). The molecule has 19 heavy (non-hydrogen) atoms. The highest BCUT2D eigenvalue weighted by atomic mass is 32.1. The van der Waals surface area contributed by atoms with Gasteiger partial charge in [0.2, 0.25) is 0 Å². The van der Waals surface area contributed by atoms with E-state index in [0.29, 0.717) is 0 Å². The van der Waals surface area contributed by atoms with Gasteiger partial charge in [0.05, 0.1) is 15.7 Å². The second-order valence-electron chi connectivity index (χ2n) is 4.36. The molecule has 0 fully saturated rings. The topological polar surface area (TPSA) is 24.9 Å². The maximum atomic E-state index is 4.28. The van der Waals surface area contributed by atoms with E-state index in [1.165, 1.54) is 10.3 Å². The number of benzene rings is 2. The molecule has 3 heteroatoms. The van der Waals surface area contributed by atoms with Crippen molar-refractivity contribution in [1.82, 2.24) is 4.98 Å². The number of thiazole rings is 1. The highest BCUT2D eigenvalue weighted by Gasteiger charge is 2.00. The van der Waals surface area contributed by atoms with Gasteiger partial charge in [-0.25, -0.2) is 4.98 Å². The minimum Gasteiger partial charge on any atom is -0.381 e. The Morgan fingerprint density at radius 2 is 2.00 bits per heavy atom. The average Bonchev–Trinajstić information content (AvgIpc) is 2.93. The molecule has 0 saturated carbocycles. The molecule has 0 aliphatic rings. The molecule has 2 nitrogen and oxygen atoms in total. The lowest BCUT2D eigenvalue weighted by molar-refractivity contribution is 1.35. The fourth-order valence-electron chi connectivity index (χ4n) is 1.95. The predicted octanol–water partition coefficient (Wildman–Crippen LogP) is 4.42. The van der Waals surface area contributed by atoms with Crippen molar-refractivity contribution in [3.05, 3.63) is 66.2 Å². The monoisotopic (exact) mass is 266 g/mol. The number of rotatable bonds is 4. The quantitative estimate of drug-likeness (QED) is 0.756. The van der Waals surface area contributed by atoms with Crippen molar-refractivity contribution in [2.24, 2.45) is 0 Å². The first kappa shape index (κ1) is 11.9. The van der Waals surface area contributed by atoms with Crippen molar-refractivity contribution in [3.8, 4) is 0 Å². The minimum absolute atomic E-state index is 0.744. The Morgan fingerprint density at radius 1 is 1.16 bits per heavy atom. The molecule has 0 atom stereocenters. The standard InChI is InChI=1S/C16H14N2S/c1-12(13-5-3-2-4-6-13)10-17-14-7-8-15-16(9-14)19-11-18-15/h2-9,11,17H,1,10H2. The SMILES string of the molecule is C=C(CNc1ccc2ncsc2c1)c1ccccc1. The van der Waals surface area contributed by atoms with Gasteiger partial charge < -0.3 is 5.32 Å². The van der Waals surface area contributed by atoms with Crippen LogP contribution < -0.4 is 5.32 Å². The molecular formula is C16H14N2S. The Labute approximate surface area is 116 Å². The Morgan fingerprint density at radius 3 is 2.84 bits per heavy atom. The lowest BCUT2D eigenvalue weighted by Gasteiger charge is -2.09. The Kier molecular flexibility index (Phi) is 3.29. The zero-order chi connectivity index (χ0) is 13.1. The first-order chi connectivity index (χ1) is 9.33. The molecule has 0 saturated heterocycles. The van der Waals surface area contributed by atoms with Crippen LogP contribution in [0.5, 0.6) is 0 Å². The van der Waals surface area contributed by atoms with Crippen LogP contribution in [0.4, 0.5) is 5.69 Å². The lowest BCUT2D eigenvalue weighted by Crippen LogP contribution is -2.03. The summed E-state index contributed by atoms with van der Waals surface area (Å²) in [6.45, 7) is 4.86. The number of anilines is 1. The second-order valence-corrected chi connectivity index (χ2v) is 5.24. The number of aromatic nitrogens is 1. The summed E-state index contributed by atoms with van der Waals surface area (Å²) in [5.74, 6) is 0. The molecule has 0 aliphatic heterocycles. The lowest BCUT2D eigenvalue weighted by atomic mass is 10.1. The van der Waals surface area contributed by atoms with Crippen LogP contribution in [0.25, 0.3) is 15.8 Å². The minimum atomic E-state index is 0.744. The van der Waals surface area contributed by atoms with E-state index in [1.807, 2.05) is 29.8 Å². The van der Waals surface area contributed by atoms with E-state index in [1.54, 1.807) is 11.3 Å². The number of fused-ring (bicyclic) bond motifs is 1. The van der Waals surface area contributed by atoms with Crippen LogP contribution in [-0.4, -0.2) is 11.5 Å². The summed E-state index contributed by atoms with van der Waals surface area (Å²) in [6.07, 6.45) is 0. The Bertz CT molecular complexity index is 701. The maximum absolute atomic E-state index is 4.28. The van der Waals surface area contributed by atoms with Crippen LogP contribution in [0.2, 0.25) is 0 Å². The molecule has 0 aliphatic carbocycles. The van der Waals surface area contributed by atoms with Gasteiger partial charge in [-0.15, -0.1) is 11.3 Å². The van der Waals surface area contributed by atoms with E-state index in [4.69, 9.17) is 0 Å². The third-order valence-corrected chi connectivity index (χ3v) is 3.81. The summed E-state index contributed by atoms with van der Waals surface area (Å²) < 4.78 is 1.20. The van der Waals surface area contributed by atoms with Crippen LogP contribution in [0.3, 0.4) is 0 Å². The molecule has 1 aromatic heterocycles. The molecule has 1 heterocycles. The summed E-state index contributed by atoms with van der Waals surface area (Å²) in [5.41, 5.74) is 6.29. The van der Waals surface area contributed by atoms with Gasteiger partial charge in [-0.3, -0.25) is 0 Å². The summed E-state index contributed by atoms with van der Waals surface area (Å²) in [5, 5.41) is 3.40. The van der Waals surface area contributed by atoms with Gasteiger partial charge in [-0.1, -0.05) is 36.9 Å². The van der Waals surface area contributed by atoms with Gasteiger partial charge in [0.25, 0.3) is 0 Å². The van der Waals surface area contributed by atoms with Crippen molar-refractivity contribution >= 4 is 32.8 Å². The van der Waals surface area contributed by atoms with Crippen molar-refractivity contribution in [3.63, 3.8) is 0 Å². The third-order valence-electron chi connectivity index (χ3n) is 3.02. The summed E-state index contributed by atoms with van der Waals surface area (Å²) >= 11 is 1.66. The number of hydrogen-bond donors (Lipinski definition) is 1. The molecule has 2 aromatic carbocycles. The van der Waals surface area contributed by atoms with Crippen LogP contribution in [0.1, 0.15) is 5.56 Å². The van der Waals surface area contributed by atoms with Crippen LogP contribution in [0.15, 0.2) is 60.6 Å². The molecule has 0 unspecified atom stereocenters. The fraction of sp³-hybridized carbons (Fsp3) is 0.0625. The van der Waals surface area contributed by atoms with Crippen molar-refractivity contribution in [2.45, 2.75) is 0 Å². The largest absolute Gasteiger partial charge is 0.381 e. The van der Waals surface area contributed by atoms with Crippen LogP contribution >= 0.6 is 11.3 Å². The Hall–Kier alpha value is -2.13. The molecule has 0 radical (unpaired) electrons. The molecule has 3 aromatic rings. The van der Waals surface area contributed by atoms with E-state index in [-0.39, 0.29) is 0 Å². The van der Waals surface area contributed by atoms with E-state index in [9.17, 15) is 0 Å². The van der Waals surface area contributed by atoms with Crippen molar-refractivity contribution < 1.29 is 0 Å². The summed E-state index contributed by atoms with van der Waals surface area (Å²) in [7, 11) is 0. The van der Waals surface area contributed by atoms with Gasteiger partial charge in [0, 0.05) is 12.2 Å². The zero-order valence-electron chi connectivity index (χ0n) is 10.5. The normalized spacial score (nSPS) is 10.5. The molecule has 0 amide bonds. The molecule has 1 N–H and O–H groups in total. The van der Waals surface area contributed by atoms with E-state index in [0.717, 1.165) is 23.3 Å². The first-order valence-electron chi connectivity index (χ1n) is 6.13. The van der Waals surface area contributed by atoms with Gasteiger partial charge in [-0.05, 0) is 29.3 Å². The smallest absolute Gasteiger partial charge is 0.0813 e. The highest BCUT2D eigenvalue weighted by Crippen LogP contribution is 2.22. The zero-order valence-corrected chi connectivity index (χ0v) is 11.3. The van der Waals surface area contributed by atoms with Crippen LogP contribution in [0, 0.1) is 0 Å². The van der Waals surface area contributed by atoms with Gasteiger partial charge in [0.1, 0.15) is 0 Å². The maximum Gasteiger partial charge on any atom is 0.0813 e. The Balaban J connectivity index is 1.70.